The number of hydrogen-bond acceptors (Lipinski definition) is 1. The first-order valence-electron chi connectivity index (χ1n) is 7.82. The van der Waals surface area contributed by atoms with Gasteiger partial charge in [0.2, 0.25) is 0 Å². The molecule has 0 bridgehead atoms. The average Bonchev–Trinajstić information content (AvgIpc) is 2.25. The Labute approximate surface area is 114 Å². The Balaban J connectivity index is 2.44. The summed E-state index contributed by atoms with van der Waals surface area (Å²) in [6.07, 6.45) is 7.20. The van der Waals surface area contributed by atoms with Crippen LogP contribution in [-0.4, -0.2) is 12.7 Å². The molecule has 2 atom stereocenters. The highest BCUT2D eigenvalue weighted by molar-refractivity contribution is 5.06. The quantitative estimate of drug-likeness (QED) is 0.586. The lowest BCUT2D eigenvalue weighted by molar-refractivity contribution is -0.204. The van der Waals surface area contributed by atoms with E-state index in [1.807, 2.05) is 0 Å². The van der Waals surface area contributed by atoms with Crippen molar-refractivity contribution in [2.75, 3.05) is 6.61 Å². The Morgan fingerprint density at radius 3 is 2.00 bits per heavy atom. The molecule has 2 aliphatic rings. The minimum atomic E-state index is 0.356. The molecule has 1 heterocycles. The van der Waals surface area contributed by atoms with Crippen LogP contribution >= 0.6 is 0 Å². The lowest BCUT2D eigenvalue weighted by atomic mass is 9.44. The highest BCUT2D eigenvalue weighted by Gasteiger charge is 2.58. The molecular formula is C17H32O. The second-order valence-corrected chi connectivity index (χ2v) is 8.52. The number of fused-ring (bicyclic) bond motifs is 1. The normalized spacial score (nSPS) is 33.0. The van der Waals surface area contributed by atoms with Crippen molar-refractivity contribution in [1.29, 1.82) is 0 Å². The van der Waals surface area contributed by atoms with Gasteiger partial charge in [-0.1, -0.05) is 54.4 Å². The predicted octanol–water partition coefficient (Wildman–Crippen LogP) is 5.04. The summed E-state index contributed by atoms with van der Waals surface area (Å²) < 4.78 is 6.13. The molecule has 0 aromatic heterocycles. The van der Waals surface area contributed by atoms with Gasteiger partial charge in [0.15, 0.2) is 0 Å². The van der Waals surface area contributed by atoms with Crippen LogP contribution in [0.5, 0.6) is 0 Å². The monoisotopic (exact) mass is 252 g/mol. The van der Waals surface area contributed by atoms with Gasteiger partial charge in [-0.25, -0.2) is 0 Å². The van der Waals surface area contributed by atoms with Gasteiger partial charge in [0.25, 0.3) is 0 Å². The highest BCUT2D eigenvalue weighted by Crippen LogP contribution is 2.63. The number of rotatable bonds is 0. The molecule has 0 amide bonds. The van der Waals surface area contributed by atoms with Crippen LogP contribution in [0, 0.1) is 22.2 Å². The lowest BCUT2D eigenvalue weighted by Gasteiger charge is -2.63. The molecule has 1 saturated heterocycles. The lowest BCUT2D eigenvalue weighted by Crippen LogP contribution is -2.59. The van der Waals surface area contributed by atoms with Crippen LogP contribution in [0.3, 0.4) is 0 Å². The zero-order valence-electron chi connectivity index (χ0n) is 13.3. The van der Waals surface area contributed by atoms with Crippen molar-refractivity contribution in [3.05, 3.63) is 0 Å². The maximum Gasteiger partial charge on any atom is 0.0609 e. The summed E-state index contributed by atoms with van der Waals surface area (Å²) in [5.74, 6) is 0.764. The van der Waals surface area contributed by atoms with Crippen molar-refractivity contribution in [3.63, 3.8) is 0 Å². The molecule has 2 fully saturated rings. The zero-order valence-corrected chi connectivity index (χ0v) is 13.3. The second-order valence-electron chi connectivity index (χ2n) is 8.52. The van der Waals surface area contributed by atoms with Crippen LogP contribution in [0.4, 0.5) is 0 Å². The Morgan fingerprint density at radius 1 is 0.889 bits per heavy atom. The van der Waals surface area contributed by atoms with Gasteiger partial charge < -0.3 is 4.74 Å². The van der Waals surface area contributed by atoms with Crippen molar-refractivity contribution in [3.8, 4) is 0 Å². The molecule has 0 N–H and O–H groups in total. The van der Waals surface area contributed by atoms with Crippen LogP contribution in [0.1, 0.15) is 73.6 Å². The summed E-state index contributed by atoms with van der Waals surface area (Å²) in [6, 6.07) is 0. The fourth-order valence-corrected chi connectivity index (χ4v) is 5.40. The van der Waals surface area contributed by atoms with E-state index in [2.05, 4.69) is 41.5 Å². The van der Waals surface area contributed by atoms with Crippen molar-refractivity contribution in [2.24, 2.45) is 22.2 Å². The number of ether oxygens (including phenoxy) is 1. The molecule has 18 heavy (non-hydrogen) atoms. The van der Waals surface area contributed by atoms with Gasteiger partial charge in [-0.05, 0) is 41.4 Å². The summed E-state index contributed by atoms with van der Waals surface area (Å²) in [7, 11) is 0. The second kappa shape index (κ2) is 4.51. The molecule has 1 saturated carbocycles. The van der Waals surface area contributed by atoms with E-state index in [1.165, 1.54) is 32.1 Å². The number of hydrogen-bond donors (Lipinski definition) is 0. The zero-order chi connectivity index (χ0) is 13.6. The fraction of sp³-hybridized carbons (Fsp3) is 1.00. The van der Waals surface area contributed by atoms with E-state index < -0.39 is 0 Å². The first-order chi connectivity index (χ1) is 8.20. The SMILES string of the molecule is CC(C)(C)C1(C(C)(C)C)CCOC2CCCCC21. The molecule has 1 aliphatic carbocycles. The van der Waals surface area contributed by atoms with E-state index >= 15 is 0 Å². The third kappa shape index (κ3) is 2.03. The van der Waals surface area contributed by atoms with Crippen molar-refractivity contribution in [2.45, 2.75) is 79.8 Å². The first kappa shape index (κ1) is 14.4. The molecule has 0 aromatic rings. The summed E-state index contributed by atoms with van der Waals surface area (Å²) in [5, 5.41) is 0. The van der Waals surface area contributed by atoms with Gasteiger partial charge in [-0.3, -0.25) is 0 Å². The average molecular weight is 252 g/mol. The highest BCUT2D eigenvalue weighted by atomic mass is 16.5. The Morgan fingerprint density at radius 2 is 1.44 bits per heavy atom. The molecule has 0 spiro atoms. The predicted molar refractivity (Wildman–Crippen MR) is 77.7 cm³/mol. The van der Waals surface area contributed by atoms with Gasteiger partial charge in [0.05, 0.1) is 6.10 Å². The van der Waals surface area contributed by atoms with Gasteiger partial charge >= 0.3 is 0 Å². The van der Waals surface area contributed by atoms with Crippen LogP contribution in [0.25, 0.3) is 0 Å². The summed E-state index contributed by atoms with van der Waals surface area (Å²) >= 11 is 0. The summed E-state index contributed by atoms with van der Waals surface area (Å²) in [4.78, 5) is 0. The smallest absolute Gasteiger partial charge is 0.0609 e. The van der Waals surface area contributed by atoms with Gasteiger partial charge in [-0.2, -0.15) is 0 Å². The van der Waals surface area contributed by atoms with E-state index in [0.717, 1.165) is 12.5 Å². The largest absolute Gasteiger partial charge is 0.378 e. The summed E-state index contributed by atoms with van der Waals surface area (Å²) in [5.41, 5.74) is 1.13. The van der Waals surface area contributed by atoms with Crippen molar-refractivity contribution in [1.82, 2.24) is 0 Å². The van der Waals surface area contributed by atoms with Crippen LogP contribution in [0.2, 0.25) is 0 Å². The van der Waals surface area contributed by atoms with Crippen LogP contribution < -0.4 is 0 Å². The maximum atomic E-state index is 6.13. The van der Waals surface area contributed by atoms with Gasteiger partial charge in [0.1, 0.15) is 0 Å². The van der Waals surface area contributed by atoms with Gasteiger partial charge in [0, 0.05) is 6.61 Å². The molecule has 0 radical (unpaired) electrons. The molecule has 106 valence electrons. The molecule has 1 nitrogen and oxygen atoms in total. The first-order valence-corrected chi connectivity index (χ1v) is 7.82. The van der Waals surface area contributed by atoms with E-state index in [9.17, 15) is 0 Å². The maximum absolute atomic E-state index is 6.13. The van der Waals surface area contributed by atoms with E-state index in [1.54, 1.807) is 0 Å². The van der Waals surface area contributed by atoms with E-state index in [-0.39, 0.29) is 0 Å². The van der Waals surface area contributed by atoms with E-state index in [4.69, 9.17) is 4.74 Å². The van der Waals surface area contributed by atoms with Crippen molar-refractivity contribution < 1.29 is 4.74 Å². The minimum Gasteiger partial charge on any atom is -0.378 e. The van der Waals surface area contributed by atoms with Crippen molar-refractivity contribution >= 4 is 0 Å². The van der Waals surface area contributed by atoms with Crippen LogP contribution in [0.15, 0.2) is 0 Å². The minimum absolute atomic E-state index is 0.356. The Bertz CT molecular complexity index is 276. The van der Waals surface area contributed by atoms with E-state index in [0.29, 0.717) is 22.3 Å². The third-order valence-corrected chi connectivity index (χ3v) is 5.84. The molecule has 2 unspecified atom stereocenters. The summed E-state index contributed by atoms with van der Waals surface area (Å²) in [6.45, 7) is 15.7. The molecule has 0 aromatic carbocycles. The standard InChI is InChI=1S/C17H32O/c1-15(2,3)17(16(4,5)6)11-12-18-14-10-8-7-9-13(14)17/h13-14H,7-12H2,1-6H3. The van der Waals surface area contributed by atoms with Crippen LogP contribution in [-0.2, 0) is 4.74 Å². The molecule has 1 aliphatic heterocycles. The Hall–Kier alpha value is -0.0400. The topological polar surface area (TPSA) is 9.23 Å². The third-order valence-electron chi connectivity index (χ3n) is 5.84. The molecule has 2 rings (SSSR count). The molecule has 1 heteroatoms. The fourth-order valence-electron chi connectivity index (χ4n) is 5.40. The van der Waals surface area contributed by atoms with Gasteiger partial charge in [-0.15, -0.1) is 0 Å². The Kier molecular flexibility index (Phi) is 3.60. The molecular weight excluding hydrogens is 220 g/mol.